The van der Waals surface area contributed by atoms with Gasteiger partial charge in [-0.05, 0) is 96.6 Å². The van der Waals surface area contributed by atoms with Crippen LogP contribution >= 0.6 is 0 Å². The van der Waals surface area contributed by atoms with E-state index in [9.17, 15) is 10.1 Å². The van der Waals surface area contributed by atoms with Gasteiger partial charge in [-0.3, -0.25) is 9.79 Å². The van der Waals surface area contributed by atoms with E-state index in [1.54, 1.807) is 12.1 Å². The first kappa shape index (κ1) is 41.0. The van der Waals surface area contributed by atoms with Gasteiger partial charge in [-0.2, -0.15) is 5.26 Å². The molecule has 47 heavy (non-hydrogen) atoms. The Kier molecular flexibility index (Phi) is 19.0. The van der Waals surface area contributed by atoms with Gasteiger partial charge >= 0.3 is 0 Å². The molecule has 1 amide bonds. The van der Waals surface area contributed by atoms with Crippen molar-refractivity contribution in [3.63, 3.8) is 0 Å². The molecule has 1 aliphatic rings. The predicted octanol–water partition coefficient (Wildman–Crippen LogP) is 10.3. The second-order valence-electron chi connectivity index (χ2n) is 12.1. The molecule has 0 N–H and O–H groups in total. The largest absolute Gasteiger partial charge is 0.368 e. The van der Waals surface area contributed by atoms with Crippen LogP contribution in [0.5, 0.6) is 0 Å². The summed E-state index contributed by atoms with van der Waals surface area (Å²) in [5.74, 6) is -0.108. The summed E-state index contributed by atoms with van der Waals surface area (Å²) in [6.07, 6.45) is 12.9. The second-order valence-corrected chi connectivity index (χ2v) is 12.1. The fourth-order valence-corrected chi connectivity index (χ4v) is 5.93. The van der Waals surface area contributed by atoms with Gasteiger partial charge in [-0.15, -0.1) is 0 Å². The van der Waals surface area contributed by atoms with E-state index in [2.05, 4.69) is 38.3 Å². The molecule has 5 nitrogen and oxygen atoms in total. The van der Waals surface area contributed by atoms with Crippen LogP contribution in [0.1, 0.15) is 100 Å². The third-order valence-corrected chi connectivity index (χ3v) is 8.11. The van der Waals surface area contributed by atoms with Crippen LogP contribution in [0.25, 0.3) is 5.57 Å². The smallest absolute Gasteiger partial charge is 0.225 e. The maximum absolute atomic E-state index is 15.3. The average molecular weight is 643 g/mol. The summed E-state index contributed by atoms with van der Waals surface area (Å²) < 4.78 is 15.3. The monoisotopic (exact) mass is 642 g/mol. The number of carbonyl (C=O) groups is 1. The molecule has 256 valence electrons. The van der Waals surface area contributed by atoms with Crippen molar-refractivity contribution in [1.82, 2.24) is 9.80 Å². The Hall–Kier alpha value is -3.98. The molecule has 0 aromatic heterocycles. The molecule has 0 aliphatic carbocycles. The Balaban J connectivity index is 0.00000541. The first-order chi connectivity index (χ1) is 22.5. The fraction of sp³-hybridized carbons (Fsp3) is 0.488. The molecule has 1 heterocycles. The van der Waals surface area contributed by atoms with Crippen LogP contribution in [0.2, 0.25) is 0 Å². The maximum Gasteiger partial charge on any atom is 0.225 e. The summed E-state index contributed by atoms with van der Waals surface area (Å²) >= 11 is 0. The first-order valence-corrected chi connectivity index (χ1v) is 17.3. The highest BCUT2D eigenvalue weighted by molar-refractivity contribution is 6.13. The summed E-state index contributed by atoms with van der Waals surface area (Å²) in [4.78, 5) is 22.1. The molecule has 2 rings (SSSR count). The van der Waals surface area contributed by atoms with Crippen molar-refractivity contribution >= 4 is 17.2 Å². The lowest BCUT2D eigenvalue weighted by atomic mass is 9.89. The van der Waals surface area contributed by atoms with Crippen molar-refractivity contribution in [2.45, 2.75) is 101 Å². The van der Waals surface area contributed by atoms with Crippen molar-refractivity contribution in [2.24, 2.45) is 10.9 Å². The van der Waals surface area contributed by atoms with Gasteiger partial charge in [0.05, 0.1) is 11.6 Å². The van der Waals surface area contributed by atoms with Crippen LogP contribution in [0.4, 0.5) is 4.39 Å². The SMILES string of the molecule is C=CC=C(C)/C=C(C#N)\C=C(/C)CCCCC(=NCC)C(/C(=C\C)c1ccccc1F)=C(\C)N1CCN(C(=O)C(C)C)CC1C.CC. The Labute approximate surface area is 285 Å². The number of unbranched alkanes of at least 4 members (excludes halogenated alkanes) is 1. The van der Waals surface area contributed by atoms with Gasteiger partial charge in [-0.25, -0.2) is 4.39 Å². The number of nitriles is 1. The number of piperazine rings is 1. The van der Waals surface area contributed by atoms with Crippen LogP contribution in [0.15, 0.2) is 94.2 Å². The van der Waals surface area contributed by atoms with Gasteiger partial charge in [-0.1, -0.05) is 76.3 Å². The summed E-state index contributed by atoms with van der Waals surface area (Å²) in [5.41, 5.74) is 7.18. The van der Waals surface area contributed by atoms with Gasteiger partial charge < -0.3 is 9.80 Å². The topological polar surface area (TPSA) is 59.7 Å². The molecule has 1 unspecified atom stereocenters. The first-order valence-electron chi connectivity index (χ1n) is 17.3. The quantitative estimate of drug-likeness (QED) is 0.0878. The molecule has 0 spiro atoms. The van der Waals surface area contributed by atoms with Crippen LogP contribution in [0, 0.1) is 23.1 Å². The Morgan fingerprint density at radius 1 is 1.13 bits per heavy atom. The minimum atomic E-state index is -0.257. The molecule has 1 atom stereocenters. The fourth-order valence-electron chi connectivity index (χ4n) is 5.93. The van der Waals surface area contributed by atoms with Crippen LogP contribution in [-0.2, 0) is 4.79 Å². The summed E-state index contributed by atoms with van der Waals surface area (Å²) in [7, 11) is 0. The Morgan fingerprint density at radius 2 is 1.79 bits per heavy atom. The second kappa shape index (κ2) is 21.7. The van der Waals surface area contributed by atoms with Crippen LogP contribution in [-0.4, -0.2) is 53.6 Å². The van der Waals surface area contributed by atoms with Gasteiger partial charge in [0.15, 0.2) is 0 Å². The van der Waals surface area contributed by atoms with Crippen molar-refractivity contribution in [3.8, 4) is 6.07 Å². The molecule has 1 saturated heterocycles. The predicted molar refractivity (Wildman–Crippen MR) is 200 cm³/mol. The summed E-state index contributed by atoms with van der Waals surface area (Å²) in [6.45, 7) is 26.6. The number of aliphatic imine (C=N–C) groups is 1. The molecule has 0 radical (unpaired) electrons. The number of rotatable bonds is 14. The Bertz CT molecular complexity index is 1420. The number of benzene rings is 1. The highest BCUT2D eigenvalue weighted by Crippen LogP contribution is 2.33. The van der Waals surface area contributed by atoms with Gasteiger partial charge in [0.1, 0.15) is 5.82 Å². The van der Waals surface area contributed by atoms with Crippen molar-refractivity contribution in [1.29, 1.82) is 5.26 Å². The minimum absolute atomic E-state index is 0.0332. The highest BCUT2D eigenvalue weighted by Gasteiger charge is 2.30. The number of hydrogen-bond acceptors (Lipinski definition) is 4. The van der Waals surface area contributed by atoms with Crippen molar-refractivity contribution in [3.05, 3.63) is 101 Å². The van der Waals surface area contributed by atoms with E-state index in [-0.39, 0.29) is 23.7 Å². The van der Waals surface area contributed by atoms with Crippen molar-refractivity contribution in [2.75, 3.05) is 26.2 Å². The number of amides is 1. The van der Waals surface area contributed by atoms with Crippen LogP contribution in [0.3, 0.4) is 0 Å². The third-order valence-electron chi connectivity index (χ3n) is 8.11. The van der Waals surface area contributed by atoms with E-state index in [0.29, 0.717) is 37.3 Å². The van der Waals surface area contributed by atoms with Gasteiger partial charge in [0.2, 0.25) is 5.91 Å². The maximum atomic E-state index is 15.3. The molecule has 6 heteroatoms. The molecule has 0 bridgehead atoms. The molecule has 1 fully saturated rings. The van der Waals surface area contributed by atoms with E-state index in [1.165, 1.54) is 6.07 Å². The molecule has 1 aromatic carbocycles. The van der Waals surface area contributed by atoms with Gasteiger partial charge in [0.25, 0.3) is 0 Å². The molecule has 1 aliphatic heterocycles. The van der Waals surface area contributed by atoms with E-state index in [0.717, 1.165) is 59.4 Å². The molecule has 0 saturated carbocycles. The lowest BCUT2D eigenvalue weighted by Crippen LogP contribution is -2.54. The molecular formula is C41H59FN4O. The van der Waals surface area contributed by atoms with E-state index in [1.807, 2.05) is 89.8 Å². The number of nitrogens with zero attached hydrogens (tertiary/aromatic N) is 4. The van der Waals surface area contributed by atoms with Crippen molar-refractivity contribution < 1.29 is 9.18 Å². The zero-order chi connectivity index (χ0) is 35.5. The lowest BCUT2D eigenvalue weighted by molar-refractivity contribution is -0.136. The zero-order valence-corrected chi connectivity index (χ0v) is 30.8. The highest BCUT2D eigenvalue weighted by atomic mass is 19.1. The van der Waals surface area contributed by atoms with E-state index >= 15 is 4.39 Å². The number of halogens is 1. The van der Waals surface area contributed by atoms with E-state index < -0.39 is 0 Å². The standard InChI is InChI=1S/C39H53FN4O.C2H6/c1-10-17-29(6)24-33(26-41)25-30(7)18-13-16-21-37(42-12-3)38(34(11-2)35-19-14-15-20-36(35)40)32(9)44-23-22-43(27-31(44)8)39(45)28(4)5;1-2/h10-11,14-15,17,19-20,24-25,28,31H,1,12-13,16,18,21-23,27H2,2-9H3;1-2H3/b29-17?,30-25+,33-24+,34-11-,38-32+,42-37?;. The zero-order valence-electron chi connectivity index (χ0n) is 30.8. The minimum Gasteiger partial charge on any atom is -0.368 e. The number of carbonyl (C=O) groups excluding carboxylic acids is 1. The summed E-state index contributed by atoms with van der Waals surface area (Å²) in [5, 5.41) is 9.60. The lowest BCUT2D eigenvalue weighted by Gasteiger charge is -2.43. The number of hydrogen-bond donors (Lipinski definition) is 0. The van der Waals surface area contributed by atoms with Gasteiger partial charge in [0, 0.05) is 60.7 Å². The summed E-state index contributed by atoms with van der Waals surface area (Å²) in [6, 6.07) is 9.33. The normalized spacial score (nSPS) is 17.2. The number of allylic oxidation sites excluding steroid dienone is 11. The molecular weight excluding hydrogens is 583 g/mol. The van der Waals surface area contributed by atoms with Crippen LogP contribution < -0.4 is 0 Å². The average Bonchev–Trinajstić information content (AvgIpc) is 3.05. The molecule has 1 aromatic rings. The third kappa shape index (κ3) is 12.6. The van der Waals surface area contributed by atoms with E-state index in [4.69, 9.17) is 4.99 Å². The Morgan fingerprint density at radius 3 is 2.34 bits per heavy atom.